The highest BCUT2D eigenvalue weighted by Crippen LogP contribution is 2.50. The van der Waals surface area contributed by atoms with Crippen LogP contribution in [0.2, 0.25) is 5.02 Å². The fraction of sp³-hybridized carbons (Fsp3) is 0.652. The molecule has 0 bridgehead atoms. The first-order chi connectivity index (χ1) is 16.7. The van der Waals surface area contributed by atoms with Gasteiger partial charge in [-0.05, 0) is 44.9 Å². The van der Waals surface area contributed by atoms with Gasteiger partial charge in [0.25, 0.3) is 0 Å². The van der Waals surface area contributed by atoms with Crippen molar-refractivity contribution < 1.29 is 18.1 Å². The maximum Gasteiger partial charge on any atom is 0.331 e. The van der Waals surface area contributed by atoms with E-state index in [1.165, 1.54) is 0 Å². The average molecular weight is 525 g/mol. The average Bonchev–Trinajstić information content (AvgIpc) is 3.03. The van der Waals surface area contributed by atoms with Gasteiger partial charge >= 0.3 is 5.25 Å². The maximum atomic E-state index is 14.4. The van der Waals surface area contributed by atoms with E-state index in [2.05, 4.69) is 25.3 Å². The summed E-state index contributed by atoms with van der Waals surface area (Å²) in [4.78, 5) is 19.8. The quantitative estimate of drug-likeness (QED) is 0.610. The van der Waals surface area contributed by atoms with E-state index in [4.69, 9.17) is 11.6 Å². The number of halogens is 3. The summed E-state index contributed by atoms with van der Waals surface area (Å²) in [5.41, 5.74) is -0.316. The van der Waals surface area contributed by atoms with Gasteiger partial charge in [0.1, 0.15) is 27.3 Å². The molecule has 2 aromatic heterocycles. The van der Waals surface area contributed by atoms with Crippen LogP contribution in [0.4, 0.5) is 20.5 Å². The molecule has 2 aromatic rings. The maximum absolute atomic E-state index is 14.4. The Hall–Kier alpha value is -1.98. The van der Waals surface area contributed by atoms with Crippen molar-refractivity contribution in [1.82, 2.24) is 19.9 Å². The Morgan fingerprint density at radius 1 is 1.14 bits per heavy atom. The first kappa shape index (κ1) is 23.4. The number of aromatic nitrogens is 4. The Kier molecular flexibility index (Phi) is 5.54. The zero-order chi connectivity index (χ0) is 24.4. The molecule has 2 aliphatic carbocycles. The Bertz CT molecular complexity index is 1160. The molecule has 8 nitrogen and oxygen atoms in total. The van der Waals surface area contributed by atoms with Crippen LogP contribution in [0.3, 0.4) is 0 Å². The van der Waals surface area contributed by atoms with E-state index in [1.54, 1.807) is 12.4 Å². The molecule has 4 heterocycles. The summed E-state index contributed by atoms with van der Waals surface area (Å²) in [6.45, 7) is 1.38. The molecule has 2 aliphatic heterocycles. The van der Waals surface area contributed by atoms with Crippen molar-refractivity contribution in [3.63, 3.8) is 0 Å². The molecule has 2 saturated carbocycles. The lowest BCUT2D eigenvalue weighted by molar-refractivity contribution is 0.103. The number of anilines is 2. The molecule has 6 rings (SSSR count). The number of alkyl halides is 2. The number of aliphatic hydroxyl groups excluding tert-OH is 1. The first-order valence-electron chi connectivity index (χ1n) is 12.0. The summed E-state index contributed by atoms with van der Waals surface area (Å²) in [5, 5.41) is 10.2. The van der Waals surface area contributed by atoms with Crippen LogP contribution < -0.4 is 10.2 Å². The monoisotopic (exact) mass is 524 g/mol. The largest absolute Gasteiger partial charge is 0.394 e. The molecule has 0 radical (unpaired) electrons. The van der Waals surface area contributed by atoms with E-state index in [1.807, 2.05) is 4.90 Å². The molecule has 0 amide bonds. The van der Waals surface area contributed by atoms with Gasteiger partial charge in [-0.3, -0.25) is 0 Å². The summed E-state index contributed by atoms with van der Waals surface area (Å²) in [6.07, 6.45) is 8.98. The van der Waals surface area contributed by atoms with Crippen LogP contribution >= 0.6 is 11.6 Å². The molecular formula is C23H27ClF2N6O2S. The topological polar surface area (TPSA) is 104 Å². The number of fused-ring (bicyclic) bond motifs is 1. The summed E-state index contributed by atoms with van der Waals surface area (Å²) in [7, 11) is -2.52. The van der Waals surface area contributed by atoms with Crippen LogP contribution in [0.15, 0.2) is 17.3 Å². The van der Waals surface area contributed by atoms with E-state index in [0.717, 1.165) is 51.0 Å². The van der Waals surface area contributed by atoms with Gasteiger partial charge in [-0.2, -0.15) is 13.8 Å². The molecule has 0 aromatic carbocycles. The second kappa shape index (κ2) is 8.27. The lowest BCUT2D eigenvalue weighted by atomic mass is 9.66. The fourth-order valence-electron chi connectivity index (χ4n) is 5.85. The van der Waals surface area contributed by atoms with Crippen LogP contribution in [0.25, 0.3) is 0 Å². The molecule has 1 atom stereocenters. The van der Waals surface area contributed by atoms with Gasteiger partial charge in [0, 0.05) is 36.8 Å². The Morgan fingerprint density at radius 2 is 1.83 bits per heavy atom. The van der Waals surface area contributed by atoms with Gasteiger partial charge in [-0.1, -0.05) is 11.6 Å². The third kappa shape index (κ3) is 3.99. The molecule has 4 aliphatic rings. The predicted molar refractivity (Wildman–Crippen MR) is 127 cm³/mol. The summed E-state index contributed by atoms with van der Waals surface area (Å²) < 4.78 is 41.3. The lowest BCUT2D eigenvalue weighted by Gasteiger charge is -2.53. The number of rotatable bonds is 5. The Balaban J connectivity index is 1.19. The van der Waals surface area contributed by atoms with E-state index >= 15 is 0 Å². The smallest absolute Gasteiger partial charge is 0.331 e. The van der Waals surface area contributed by atoms with Gasteiger partial charge in [0.05, 0.1) is 29.3 Å². The van der Waals surface area contributed by atoms with Crippen LogP contribution in [0.1, 0.15) is 62.4 Å². The van der Waals surface area contributed by atoms with Crippen molar-refractivity contribution in [3.8, 4) is 0 Å². The minimum atomic E-state index is -3.36. The zero-order valence-corrected chi connectivity index (χ0v) is 20.7. The van der Waals surface area contributed by atoms with Crippen molar-refractivity contribution in [2.24, 2.45) is 5.41 Å². The fourth-order valence-corrected chi connectivity index (χ4v) is 7.12. The van der Waals surface area contributed by atoms with Crippen molar-refractivity contribution in [3.05, 3.63) is 28.9 Å². The number of hydrogen-bond acceptors (Lipinski definition) is 8. The van der Waals surface area contributed by atoms with Crippen LogP contribution in [-0.4, -0.2) is 59.7 Å². The normalized spacial score (nSPS) is 26.2. The van der Waals surface area contributed by atoms with Crippen molar-refractivity contribution >= 4 is 34.2 Å². The Morgan fingerprint density at radius 3 is 2.43 bits per heavy atom. The highest BCUT2D eigenvalue weighted by molar-refractivity contribution is 7.86. The number of nitrogens with one attached hydrogen (secondary N) is 1. The summed E-state index contributed by atoms with van der Waals surface area (Å²) >= 11 is 5.91. The van der Waals surface area contributed by atoms with E-state index in [0.29, 0.717) is 29.7 Å². The van der Waals surface area contributed by atoms with Gasteiger partial charge in [-0.25, -0.2) is 19.2 Å². The van der Waals surface area contributed by atoms with Gasteiger partial charge in [-0.15, -0.1) is 0 Å². The molecular weight excluding hydrogens is 498 g/mol. The molecule has 35 heavy (non-hydrogen) atoms. The second-order valence-corrected chi connectivity index (χ2v) is 12.5. The van der Waals surface area contributed by atoms with E-state index in [9.17, 15) is 18.1 Å². The number of hydrogen-bond donors (Lipinski definition) is 2. The van der Waals surface area contributed by atoms with Crippen molar-refractivity contribution in [1.29, 1.82) is 0 Å². The molecule has 12 heteroatoms. The Labute approximate surface area is 209 Å². The zero-order valence-electron chi connectivity index (χ0n) is 19.1. The van der Waals surface area contributed by atoms with E-state index in [-0.39, 0.29) is 28.4 Å². The first-order valence-corrected chi connectivity index (χ1v) is 13.6. The molecule has 188 valence electrons. The number of nitrogens with zero attached hydrogens (tertiary/aromatic N) is 5. The number of aliphatic hydroxyl groups is 1. The highest BCUT2D eigenvalue weighted by Gasteiger charge is 2.51. The highest BCUT2D eigenvalue weighted by atomic mass is 35.5. The standard InChI is InChI=1S/C23H27ClF2N6O2S/c24-15-9-27-18(28-10-15)14-2-6-21(7-3-14)11-32(12-21)20-29-16-8-23(25,26)35(34)17(16)19(30-20)31-22(13-33)4-1-5-22/h9-10,14,33H,1-8,11-13H2,(H,29,30,31). The second-order valence-electron chi connectivity index (χ2n) is 10.5. The van der Waals surface area contributed by atoms with Crippen LogP contribution in [0, 0.1) is 5.41 Å². The van der Waals surface area contributed by atoms with E-state index < -0.39 is 28.0 Å². The van der Waals surface area contributed by atoms with Gasteiger partial charge in [0.2, 0.25) is 5.95 Å². The lowest BCUT2D eigenvalue weighted by Crippen LogP contribution is -2.58. The van der Waals surface area contributed by atoms with Crippen molar-refractivity contribution in [2.45, 2.75) is 73.0 Å². The SMILES string of the molecule is O=S1c2c(nc(N3CC4(CCC(c5ncc(Cl)cn5)CC4)C3)nc2NC2(CO)CCC2)CC1(F)F. The van der Waals surface area contributed by atoms with Crippen LogP contribution in [0.5, 0.6) is 0 Å². The molecule has 1 spiro atoms. The van der Waals surface area contributed by atoms with Crippen LogP contribution in [-0.2, 0) is 17.2 Å². The summed E-state index contributed by atoms with van der Waals surface area (Å²) in [5.74, 6) is 1.72. The minimum Gasteiger partial charge on any atom is -0.394 e. The third-order valence-electron chi connectivity index (χ3n) is 8.14. The van der Waals surface area contributed by atoms with Gasteiger partial charge in [0.15, 0.2) is 0 Å². The molecule has 1 unspecified atom stereocenters. The third-order valence-corrected chi connectivity index (χ3v) is 9.82. The minimum absolute atomic E-state index is 0.0165. The summed E-state index contributed by atoms with van der Waals surface area (Å²) in [6, 6.07) is 0. The molecule has 1 saturated heterocycles. The molecule has 3 fully saturated rings. The predicted octanol–water partition coefficient (Wildman–Crippen LogP) is 3.67. The van der Waals surface area contributed by atoms with Gasteiger partial charge < -0.3 is 15.3 Å². The molecule has 2 N–H and O–H groups in total. The van der Waals surface area contributed by atoms with Crippen molar-refractivity contribution in [2.75, 3.05) is 29.9 Å².